The zero-order valence-electron chi connectivity index (χ0n) is 32.2. The van der Waals surface area contributed by atoms with Gasteiger partial charge in [0.05, 0.1) is 0 Å². The van der Waals surface area contributed by atoms with Crippen LogP contribution in [0.15, 0.2) is 158 Å². The average molecular weight is 839 g/mol. The van der Waals surface area contributed by atoms with Crippen molar-refractivity contribution in [1.29, 1.82) is 0 Å². The van der Waals surface area contributed by atoms with E-state index in [4.69, 9.17) is 17.0 Å². The van der Waals surface area contributed by atoms with E-state index in [1.54, 1.807) is 0 Å². The Morgan fingerprint density at radius 3 is 1.15 bits per heavy atom. The van der Waals surface area contributed by atoms with Crippen molar-refractivity contribution >= 4 is 48.1 Å². The third-order valence-corrected chi connectivity index (χ3v) is 9.71. The van der Waals surface area contributed by atoms with Crippen LogP contribution in [-0.4, -0.2) is 9.52 Å². The molecule has 4 heteroatoms. The summed E-state index contributed by atoms with van der Waals surface area (Å²) >= 11 is -0.826. The topological polar surface area (TPSA) is 0 Å². The van der Waals surface area contributed by atoms with E-state index in [0.29, 0.717) is 0 Å². The van der Waals surface area contributed by atoms with Crippen LogP contribution in [0.2, 0.25) is 13.1 Å². The molecule has 0 saturated heterocycles. The molecule has 0 N–H and O–H groups in total. The second kappa shape index (κ2) is 20.8. The third-order valence-electron chi connectivity index (χ3n) is 9.71. The molecule has 8 aromatic carbocycles. The molecule has 54 heavy (non-hydrogen) atoms. The summed E-state index contributed by atoms with van der Waals surface area (Å²) in [4.78, 5) is 0. The van der Waals surface area contributed by atoms with Crippen LogP contribution >= 0.6 is 17.0 Å². The molecule has 0 atom stereocenters. The summed E-state index contributed by atoms with van der Waals surface area (Å²) in [7, 11) is 11.0. The van der Waals surface area contributed by atoms with Crippen molar-refractivity contribution in [3.63, 3.8) is 0 Å². The molecule has 270 valence electrons. The van der Waals surface area contributed by atoms with Gasteiger partial charge in [0.25, 0.3) is 0 Å². The molecule has 8 aromatic rings. The van der Waals surface area contributed by atoms with Gasteiger partial charge >= 0.3 is 37.9 Å². The fourth-order valence-electron chi connectivity index (χ4n) is 7.10. The summed E-state index contributed by atoms with van der Waals surface area (Å²) in [6.07, 6.45) is 2.14. The third kappa shape index (κ3) is 9.90. The second-order valence-electron chi connectivity index (χ2n) is 13.3. The van der Waals surface area contributed by atoms with Gasteiger partial charge in [-0.05, 0) is 71.2 Å². The Hall–Kier alpha value is -3.78. The van der Waals surface area contributed by atoms with Crippen LogP contribution in [0.1, 0.15) is 36.1 Å². The maximum atomic E-state index is 4.93. The van der Waals surface area contributed by atoms with Gasteiger partial charge in [-0.3, -0.25) is 0 Å². The fraction of sp³-hybridized carbons (Fsp3) is 0.160. The Kier molecular flexibility index (Phi) is 15.9. The van der Waals surface area contributed by atoms with Crippen molar-refractivity contribution in [2.75, 3.05) is 0 Å². The monoisotopic (exact) mass is 836 g/mol. The van der Waals surface area contributed by atoms with E-state index < -0.39 is 20.8 Å². The number of hydrogen-bond acceptors (Lipinski definition) is 0. The van der Waals surface area contributed by atoms with Gasteiger partial charge in [-0.25, -0.2) is 0 Å². The zero-order valence-corrected chi connectivity index (χ0v) is 37.2. The molecule has 0 bridgehead atoms. The van der Waals surface area contributed by atoms with Crippen LogP contribution in [0.3, 0.4) is 0 Å². The Morgan fingerprint density at radius 1 is 0.481 bits per heavy atom. The number of aryl methyl sites for hydroxylation is 4. The molecular weight excluding hydrogens is 791 g/mol. The van der Waals surface area contributed by atoms with Crippen molar-refractivity contribution in [1.82, 2.24) is 0 Å². The molecule has 0 saturated carbocycles. The van der Waals surface area contributed by atoms with Crippen LogP contribution in [-0.2, 0) is 33.7 Å². The minimum absolute atomic E-state index is 0.826. The summed E-state index contributed by atoms with van der Waals surface area (Å²) in [5.74, 6) is 0. The summed E-state index contributed by atoms with van der Waals surface area (Å²) < 4.78 is 0. The molecule has 0 aliphatic carbocycles. The predicted molar refractivity (Wildman–Crippen MR) is 238 cm³/mol. The van der Waals surface area contributed by atoms with Gasteiger partial charge in [0.15, 0.2) is 0 Å². The summed E-state index contributed by atoms with van der Waals surface area (Å²) in [6, 6.07) is 57.3. The molecule has 8 rings (SSSR count). The quantitative estimate of drug-likeness (QED) is 0.116. The molecule has 2 radical (unpaired) electrons. The molecule has 0 heterocycles. The van der Waals surface area contributed by atoms with E-state index in [9.17, 15) is 0 Å². The summed E-state index contributed by atoms with van der Waals surface area (Å²) in [6.45, 7) is 13.2. The zero-order chi connectivity index (χ0) is 38.5. The van der Waals surface area contributed by atoms with Gasteiger partial charge in [-0.15, -0.1) is 56.9 Å². The van der Waals surface area contributed by atoms with Crippen LogP contribution in [0, 0.1) is 13.8 Å². The average Bonchev–Trinajstić information content (AvgIpc) is 3.84. The standard InChI is InChI=1S/2C24H21.C2H6Si.2ClH.Zr/c2*1-3-18-15-20-13-14-22(19-10-5-4-6-11-19)24(23(20)16-18)21-12-8-7-9-17(21)2;1-3-2;;;/h2*4-16H,3H2,1-2H3;1-2H3;2*1H;/q2*-1;;;;+4/p-2. The van der Waals surface area contributed by atoms with Crippen molar-refractivity contribution < 1.29 is 20.8 Å². The Bertz CT molecular complexity index is 2200. The Morgan fingerprint density at radius 2 is 0.815 bits per heavy atom. The van der Waals surface area contributed by atoms with Gasteiger partial charge in [0, 0.05) is 9.52 Å². The Labute approximate surface area is 344 Å². The van der Waals surface area contributed by atoms with E-state index in [1.807, 2.05) is 0 Å². The molecular formula is C50H48Cl2SiZr. The first-order valence-electron chi connectivity index (χ1n) is 18.6. The number of rotatable bonds is 6. The summed E-state index contributed by atoms with van der Waals surface area (Å²) in [5.41, 5.74) is 16.0. The van der Waals surface area contributed by atoms with Crippen molar-refractivity contribution in [2.45, 2.75) is 53.6 Å². The van der Waals surface area contributed by atoms with E-state index >= 15 is 0 Å². The SMILES string of the molecule is CCc1cc2c(-c3ccccc3C)c(-c3ccccc3)ccc2[cH-]1.CCc1cc2c(-c3ccccc3C)c(-c3ccccc3)ccc2[cH-]1.C[Si]C.[Cl][Zr+2][Cl]. The second-order valence-corrected chi connectivity index (χ2v) is 18.1. The number of benzene rings is 6. The molecule has 0 aliphatic heterocycles. The molecule has 0 spiro atoms. The van der Waals surface area contributed by atoms with E-state index in [-0.39, 0.29) is 0 Å². The first-order valence-corrected chi connectivity index (χ1v) is 26.9. The number of halogens is 2. The molecule has 0 aliphatic rings. The van der Waals surface area contributed by atoms with Crippen molar-refractivity contribution in [2.24, 2.45) is 0 Å². The maximum absolute atomic E-state index is 4.93. The van der Waals surface area contributed by atoms with Gasteiger partial charge in [-0.2, -0.15) is 12.1 Å². The fourth-order valence-corrected chi connectivity index (χ4v) is 7.10. The molecule has 0 unspecified atom stereocenters. The molecule has 0 nitrogen and oxygen atoms in total. The van der Waals surface area contributed by atoms with Gasteiger partial charge in [0.1, 0.15) is 0 Å². The normalized spacial score (nSPS) is 10.4. The first-order chi connectivity index (χ1) is 26.4. The van der Waals surface area contributed by atoms with Crippen LogP contribution in [0.5, 0.6) is 0 Å². The number of fused-ring (bicyclic) bond motifs is 2. The summed E-state index contributed by atoms with van der Waals surface area (Å²) in [5, 5.41) is 5.40. The molecule has 0 aromatic heterocycles. The van der Waals surface area contributed by atoms with Crippen LogP contribution in [0.4, 0.5) is 0 Å². The predicted octanol–water partition coefficient (Wildman–Crippen LogP) is 15.7. The Balaban J connectivity index is 0.000000182. The van der Waals surface area contributed by atoms with Gasteiger partial charge < -0.3 is 0 Å². The van der Waals surface area contributed by atoms with E-state index in [2.05, 4.69) is 199 Å². The minimum atomic E-state index is -0.826. The van der Waals surface area contributed by atoms with E-state index in [1.165, 1.54) is 88.3 Å². The van der Waals surface area contributed by atoms with E-state index in [0.717, 1.165) is 22.4 Å². The van der Waals surface area contributed by atoms with Crippen molar-refractivity contribution in [3.05, 3.63) is 180 Å². The van der Waals surface area contributed by atoms with Crippen molar-refractivity contribution in [3.8, 4) is 44.5 Å². The van der Waals surface area contributed by atoms with Gasteiger partial charge in [-0.1, -0.05) is 159 Å². The van der Waals surface area contributed by atoms with Crippen LogP contribution < -0.4 is 0 Å². The number of hydrogen-bond donors (Lipinski definition) is 0. The first kappa shape index (κ1) is 41.4. The molecule has 0 fully saturated rings. The van der Waals surface area contributed by atoms with Gasteiger partial charge in [0.2, 0.25) is 0 Å². The van der Waals surface area contributed by atoms with Crippen LogP contribution in [0.25, 0.3) is 66.1 Å². The molecule has 0 amide bonds.